The fourth-order valence-corrected chi connectivity index (χ4v) is 2.80. The second-order valence-corrected chi connectivity index (χ2v) is 6.65. The molecule has 3 rings (SSSR count). The van der Waals surface area contributed by atoms with Crippen molar-refractivity contribution >= 4 is 38.5 Å². The molecule has 1 N–H and O–H groups in total. The number of aromatic nitrogens is 2. The Kier molecular flexibility index (Phi) is 4.53. The van der Waals surface area contributed by atoms with Crippen LogP contribution in [0.5, 0.6) is 0 Å². The number of benzene rings is 1. The molecule has 0 saturated heterocycles. The highest BCUT2D eigenvalue weighted by molar-refractivity contribution is 9.10. The van der Waals surface area contributed by atoms with Crippen LogP contribution in [0, 0.1) is 12.8 Å². The van der Waals surface area contributed by atoms with E-state index in [1.807, 2.05) is 26.1 Å². The average molecular weight is 390 g/mol. The zero-order valence-corrected chi connectivity index (χ0v) is 14.8. The van der Waals surface area contributed by atoms with Gasteiger partial charge in [0.15, 0.2) is 0 Å². The highest BCUT2D eigenvalue weighted by atomic mass is 79.9. The minimum absolute atomic E-state index is 0.129. The van der Waals surface area contributed by atoms with Gasteiger partial charge in [-0.2, -0.15) is 5.10 Å². The van der Waals surface area contributed by atoms with Crippen LogP contribution in [0.2, 0.25) is 0 Å². The van der Waals surface area contributed by atoms with Gasteiger partial charge in [-0.15, -0.1) is 0 Å². The van der Waals surface area contributed by atoms with E-state index in [2.05, 4.69) is 26.3 Å². The second-order valence-electron chi connectivity index (χ2n) is 5.73. The van der Waals surface area contributed by atoms with Crippen molar-refractivity contribution in [3.63, 3.8) is 0 Å². The van der Waals surface area contributed by atoms with Crippen LogP contribution in [0.15, 0.2) is 50.3 Å². The van der Waals surface area contributed by atoms with Crippen molar-refractivity contribution in [1.82, 2.24) is 9.78 Å². The number of fused-ring (bicyclic) bond motifs is 1. The molecule has 0 spiro atoms. The minimum atomic E-state index is -0.402. The monoisotopic (exact) mass is 389 g/mol. The number of carbonyl (C=O) groups is 1. The van der Waals surface area contributed by atoms with Crippen molar-refractivity contribution in [3.05, 3.63) is 57.1 Å². The summed E-state index contributed by atoms with van der Waals surface area (Å²) in [4.78, 5) is 23.8. The number of amides is 1. The van der Waals surface area contributed by atoms with Gasteiger partial charge in [0, 0.05) is 29.4 Å². The van der Waals surface area contributed by atoms with Crippen LogP contribution in [0.4, 0.5) is 5.69 Å². The van der Waals surface area contributed by atoms with Crippen molar-refractivity contribution < 1.29 is 9.21 Å². The zero-order chi connectivity index (χ0) is 17.3. The number of nitrogens with one attached hydrogen (secondary N) is 1. The van der Waals surface area contributed by atoms with Crippen LogP contribution < -0.4 is 10.9 Å². The molecular formula is C17H16BrN3O3. The molecule has 3 aromatic rings. The first-order valence-corrected chi connectivity index (χ1v) is 8.25. The predicted octanol–water partition coefficient (Wildman–Crippen LogP) is 3.34. The lowest BCUT2D eigenvalue weighted by atomic mass is 10.1. The van der Waals surface area contributed by atoms with E-state index < -0.39 is 5.63 Å². The first kappa shape index (κ1) is 16.4. The molecule has 0 aliphatic rings. The maximum atomic E-state index is 12.3. The molecule has 0 aliphatic carbocycles. The molecule has 1 aromatic carbocycles. The highest BCUT2D eigenvalue weighted by Gasteiger charge is 2.15. The van der Waals surface area contributed by atoms with Crippen molar-refractivity contribution in [2.24, 2.45) is 5.92 Å². The molecular weight excluding hydrogens is 374 g/mol. The Bertz CT molecular complexity index is 961. The lowest BCUT2D eigenvalue weighted by Gasteiger charge is -2.12. The Balaban J connectivity index is 1.76. The molecule has 0 unspecified atom stereocenters. The summed E-state index contributed by atoms with van der Waals surface area (Å²) in [7, 11) is 0. The Labute approximate surface area is 146 Å². The standard InChI is InChI=1S/C17H16BrN3O3/c1-10-5-16(22)24-15-6-13(3-4-14(10)15)20-17(23)11(2)8-21-9-12(18)7-19-21/h3-7,9,11H,8H2,1-2H3,(H,20,23)/t11-/m0/s1. The highest BCUT2D eigenvalue weighted by Crippen LogP contribution is 2.21. The lowest BCUT2D eigenvalue weighted by Crippen LogP contribution is -2.24. The summed E-state index contributed by atoms with van der Waals surface area (Å²) in [5.74, 6) is -0.395. The number of hydrogen-bond donors (Lipinski definition) is 1. The maximum Gasteiger partial charge on any atom is 0.336 e. The summed E-state index contributed by atoms with van der Waals surface area (Å²) < 4.78 is 7.77. The van der Waals surface area contributed by atoms with E-state index in [1.165, 1.54) is 6.07 Å². The molecule has 124 valence electrons. The number of aryl methyl sites for hydroxylation is 1. The van der Waals surface area contributed by atoms with E-state index in [1.54, 1.807) is 23.0 Å². The molecule has 0 saturated carbocycles. The van der Waals surface area contributed by atoms with Gasteiger partial charge in [0.05, 0.1) is 23.1 Å². The summed E-state index contributed by atoms with van der Waals surface area (Å²) in [5.41, 5.74) is 1.49. The Morgan fingerprint density at radius 2 is 2.21 bits per heavy atom. The molecule has 1 amide bonds. The SMILES string of the molecule is Cc1cc(=O)oc2cc(NC(=O)[C@@H](C)Cn3cc(Br)cn3)ccc12. The van der Waals surface area contributed by atoms with Gasteiger partial charge in [-0.1, -0.05) is 6.92 Å². The van der Waals surface area contributed by atoms with Crippen molar-refractivity contribution in [2.45, 2.75) is 20.4 Å². The number of anilines is 1. The third kappa shape index (κ3) is 3.56. The predicted molar refractivity (Wildman–Crippen MR) is 94.9 cm³/mol. The van der Waals surface area contributed by atoms with Crippen LogP contribution in [-0.2, 0) is 11.3 Å². The van der Waals surface area contributed by atoms with Gasteiger partial charge in [-0.25, -0.2) is 4.79 Å². The summed E-state index contributed by atoms with van der Waals surface area (Å²) >= 11 is 3.33. The van der Waals surface area contributed by atoms with Gasteiger partial charge < -0.3 is 9.73 Å². The number of halogens is 1. The fraction of sp³-hybridized carbons (Fsp3) is 0.235. The Morgan fingerprint density at radius 1 is 1.42 bits per heavy atom. The topological polar surface area (TPSA) is 77.1 Å². The van der Waals surface area contributed by atoms with Crippen LogP contribution in [0.25, 0.3) is 11.0 Å². The van der Waals surface area contributed by atoms with Crippen molar-refractivity contribution in [2.75, 3.05) is 5.32 Å². The molecule has 0 fully saturated rings. The van der Waals surface area contributed by atoms with Crippen molar-refractivity contribution in [3.8, 4) is 0 Å². The first-order chi connectivity index (χ1) is 11.4. The second kappa shape index (κ2) is 6.60. The van der Waals surface area contributed by atoms with E-state index in [9.17, 15) is 9.59 Å². The zero-order valence-electron chi connectivity index (χ0n) is 13.2. The molecule has 0 aliphatic heterocycles. The summed E-state index contributed by atoms with van der Waals surface area (Å²) in [6.45, 7) is 4.15. The van der Waals surface area contributed by atoms with E-state index in [0.717, 1.165) is 15.4 Å². The minimum Gasteiger partial charge on any atom is -0.423 e. The Hall–Kier alpha value is -2.41. The molecule has 0 radical (unpaired) electrons. The molecule has 2 heterocycles. The van der Waals surface area contributed by atoms with E-state index >= 15 is 0 Å². The summed E-state index contributed by atoms with van der Waals surface area (Å²) in [5, 5.41) is 7.84. The number of rotatable bonds is 4. The first-order valence-electron chi connectivity index (χ1n) is 7.46. The number of nitrogens with zero attached hydrogens (tertiary/aromatic N) is 2. The maximum absolute atomic E-state index is 12.3. The molecule has 7 heteroatoms. The molecule has 24 heavy (non-hydrogen) atoms. The van der Waals surface area contributed by atoms with E-state index in [0.29, 0.717) is 17.8 Å². The average Bonchev–Trinajstić information content (AvgIpc) is 2.91. The third-order valence-electron chi connectivity index (χ3n) is 3.73. The quantitative estimate of drug-likeness (QED) is 0.694. The molecule has 2 aromatic heterocycles. The van der Waals surface area contributed by atoms with Crippen LogP contribution >= 0.6 is 15.9 Å². The largest absolute Gasteiger partial charge is 0.423 e. The molecule has 0 bridgehead atoms. The van der Waals surface area contributed by atoms with Gasteiger partial charge >= 0.3 is 5.63 Å². The Morgan fingerprint density at radius 3 is 2.92 bits per heavy atom. The van der Waals surface area contributed by atoms with Gasteiger partial charge in [0.2, 0.25) is 5.91 Å². The van der Waals surface area contributed by atoms with Crippen LogP contribution in [-0.4, -0.2) is 15.7 Å². The van der Waals surface area contributed by atoms with Gasteiger partial charge in [-0.3, -0.25) is 9.48 Å². The van der Waals surface area contributed by atoms with Gasteiger partial charge in [0.1, 0.15) is 5.58 Å². The normalized spacial score (nSPS) is 12.3. The summed E-state index contributed by atoms with van der Waals surface area (Å²) in [6, 6.07) is 6.74. The fourth-order valence-electron chi connectivity index (χ4n) is 2.47. The molecule has 6 nitrogen and oxygen atoms in total. The van der Waals surface area contributed by atoms with E-state index in [-0.39, 0.29) is 11.8 Å². The van der Waals surface area contributed by atoms with Crippen LogP contribution in [0.3, 0.4) is 0 Å². The number of hydrogen-bond acceptors (Lipinski definition) is 4. The smallest absolute Gasteiger partial charge is 0.336 e. The molecule has 1 atom stereocenters. The van der Waals surface area contributed by atoms with Gasteiger partial charge in [0.25, 0.3) is 0 Å². The third-order valence-corrected chi connectivity index (χ3v) is 4.14. The van der Waals surface area contributed by atoms with E-state index in [4.69, 9.17) is 4.42 Å². The van der Waals surface area contributed by atoms with Crippen molar-refractivity contribution in [1.29, 1.82) is 0 Å². The van der Waals surface area contributed by atoms with Gasteiger partial charge in [-0.05, 0) is 40.5 Å². The lowest BCUT2D eigenvalue weighted by molar-refractivity contribution is -0.119. The number of carbonyl (C=O) groups excluding carboxylic acids is 1. The van der Waals surface area contributed by atoms with Crippen LogP contribution in [0.1, 0.15) is 12.5 Å². The summed E-state index contributed by atoms with van der Waals surface area (Å²) in [6.07, 6.45) is 3.50.